The molecular formula is C42H74NO11P. The van der Waals surface area contributed by atoms with E-state index in [1.807, 2.05) is 12.2 Å². The highest BCUT2D eigenvalue weighted by atomic mass is 31.2. The van der Waals surface area contributed by atoms with Gasteiger partial charge in [0.25, 0.3) is 0 Å². The van der Waals surface area contributed by atoms with E-state index in [0.29, 0.717) is 19.3 Å². The molecule has 0 rings (SSSR count). The fraction of sp³-hybridized carbons (Fsp3) is 0.762. The molecule has 55 heavy (non-hydrogen) atoms. The molecule has 12 nitrogen and oxygen atoms in total. The zero-order valence-electron chi connectivity index (χ0n) is 34.0. The normalized spacial score (nSPS) is 14.0. The second kappa shape index (κ2) is 37.0. The van der Waals surface area contributed by atoms with E-state index in [4.69, 9.17) is 24.8 Å². The second-order valence-electron chi connectivity index (χ2n) is 14.2. The zero-order chi connectivity index (χ0) is 40.8. The summed E-state index contributed by atoms with van der Waals surface area (Å²) in [6.45, 7) is 2.58. The number of rotatable bonds is 39. The molecule has 0 radical (unpaired) electrons. The molecule has 0 aliphatic heterocycles. The lowest BCUT2D eigenvalue weighted by molar-refractivity contribution is -0.161. The van der Waals surface area contributed by atoms with Crippen LogP contribution in [0.25, 0.3) is 0 Å². The first-order valence-electron chi connectivity index (χ1n) is 21.0. The van der Waals surface area contributed by atoms with Gasteiger partial charge in [0.2, 0.25) is 0 Å². The molecule has 0 aliphatic rings. The Morgan fingerprint density at radius 2 is 1.07 bits per heavy atom. The maximum atomic E-state index is 12.6. The SMILES string of the molecule is CCCCCCCC/C=C\CCCCCCCC(=O)O[C@H](COC(=O)CCCCCCC/C=C\C=C\C(=O)CCCCC)COP(=O)(O)OC[C@H](N)C(=O)O. The molecule has 318 valence electrons. The lowest BCUT2D eigenvalue weighted by atomic mass is 10.1. The fourth-order valence-corrected chi connectivity index (χ4v) is 6.23. The van der Waals surface area contributed by atoms with Crippen molar-refractivity contribution < 1.29 is 52.3 Å². The van der Waals surface area contributed by atoms with Crippen molar-refractivity contribution in [2.75, 3.05) is 19.8 Å². The highest BCUT2D eigenvalue weighted by molar-refractivity contribution is 7.47. The summed E-state index contributed by atoms with van der Waals surface area (Å²) in [5.41, 5.74) is 5.32. The van der Waals surface area contributed by atoms with E-state index < -0.39 is 51.1 Å². The number of aliphatic carboxylic acids is 1. The van der Waals surface area contributed by atoms with E-state index in [2.05, 4.69) is 30.5 Å². The van der Waals surface area contributed by atoms with Crippen LogP contribution < -0.4 is 5.73 Å². The van der Waals surface area contributed by atoms with Crippen LogP contribution in [0, 0.1) is 0 Å². The quantitative estimate of drug-likeness (QED) is 0.0133. The van der Waals surface area contributed by atoms with Gasteiger partial charge in [-0.2, -0.15) is 0 Å². The minimum absolute atomic E-state index is 0.134. The van der Waals surface area contributed by atoms with Crippen LogP contribution in [0.3, 0.4) is 0 Å². The van der Waals surface area contributed by atoms with Crippen molar-refractivity contribution in [3.63, 3.8) is 0 Å². The predicted octanol–water partition coefficient (Wildman–Crippen LogP) is 10.0. The number of esters is 2. The maximum absolute atomic E-state index is 12.6. The number of carbonyl (C=O) groups excluding carboxylic acids is 3. The first-order valence-corrected chi connectivity index (χ1v) is 22.5. The minimum Gasteiger partial charge on any atom is -0.480 e. The lowest BCUT2D eigenvalue weighted by Crippen LogP contribution is -2.34. The Morgan fingerprint density at radius 1 is 0.600 bits per heavy atom. The zero-order valence-corrected chi connectivity index (χ0v) is 34.9. The van der Waals surface area contributed by atoms with Gasteiger partial charge in [-0.05, 0) is 63.9 Å². The molecule has 0 bridgehead atoms. The van der Waals surface area contributed by atoms with E-state index in [1.54, 1.807) is 12.2 Å². The van der Waals surface area contributed by atoms with Gasteiger partial charge in [-0.25, -0.2) is 4.57 Å². The van der Waals surface area contributed by atoms with E-state index in [0.717, 1.165) is 89.9 Å². The standard InChI is InChI=1S/C42H74NO11P/c1-3-5-7-8-9-10-11-12-13-14-15-18-22-25-29-33-41(46)54-38(35-52-55(49,50)53-36-39(43)42(47)48)34-51-40(45)32-28-24-21-19-16-17-20-23-27-31-37(44)30-26-6-4-2/h12-13,20,23,27,31,38-39H,3-11,14-19,21-22,24-26,28-30,32-36,43H2,1-2H3,(H,47,48)(H,49,50)/b13-12-,23-20-,31-27+/t38-,39+/m1/s1. The van der Waals surface area contributed by atoms with Crippen LogP contribution in [0.1, 0.15) is 174 Å². The molecular weight excluding hydrogens is 725 g/mol. The Kier molecular flexibility index (Phi) is 35.2. The van der Waals surface area contributed by atoms with Gasteiger partial charge in [0, 0.05) is 19.3 Å². The van der Waals surface area contributed by atoms with Gasteiger partial charge in [0.15, 0.2) is 11.9 Å². The topological polar surface area (TPSA) is 189 Å². The Labute approximate surface area is 331 Å². The molecule has 0 aromatic heterocycles. The number of ether oxygens (including phenoxy) is 2. The van der Waals surface area contributed by atoms with Gasteiger partial charge in [-0.3, -0.25) is 28.2 Å². The highest BCUT2D eigenvalue weighted by Gasteiger charge is 2.28. The third kappa shape index (κ3) is 36.7. The van der Waals surface area contributed by atoms with Crippen LogP contribution in [0.5, 0.6) is 0 Å². The predicted molar refractivity (Wildman–Crippen MR) is 217 cm³/mol. The van der Waals surface area contributed by atoms with E-state index >= 15 is 0 Å². The number of unbranched alkanes of at least 4 members (excludes halogenated alkanes) is 18. The van der Waals surface area contributed by atoms with Crippen molar-refractivity contribution in [3.05, 3.63) is 36.5 Å². The minimum atomic E-state index is -4.73. The summed E-state index contributed by atoms with van der Waals surface area (Å²) in [5, 5.41) is 8.87. The number of carbonyl (C=O) groups is 4. The number of phosphoric acid groups is 1. The van der Waals surface area contributed by atoms with Crippen molar-refractivity contribution in [3.8, 4) is 0 Å². The van der Waals surface area contributed by atoms with E-state index in [-0.39, 0.29) is 25.2 Å². The first-order chi connectivity index (χ1) is 26.5. The summed E-state index contributed by atoms with van der Waals surface area (Å²) in [6, 6.07) is -1.54. The number of carboxylic acids is 1. The molecule has 1 unspecified atom stereocenters. The lowest BCUT2D eigenvalue weighted by Gasteiger charge is -2.20. The second-order valence-corrected chi connectivity index (χ2v) is 15.6. The summed E-state index contributed by atoms with van der Waals surface area (Å²) < 4.78 is 32.6. The van der Waals surface area contributed by atoms with Gasteiger partial charge >= 0.3 is 25.7 Å². The third-order valence-electron chi connectivity index (χ3n) is 8.84. The Hall–Kier alpha value is -2.63. The number of ketones is 1. The summed E-state index contributed by atoms with van der Waals surface area (Å²) in [6.07, 6.45) is 34.8. The third-order valence-corrected chi connectivity index (χ3v) is 9.79. The van der Waals surface area contributed by atoms with Crippen LogP contribution in [-0.2, 0) is 42.3 Å². The average Bonchev–Trinajstić information content (AvgIpc) is 3.15. The largest absolute Gasteiger partial charge is 0.480 e. The van der Waals surface area contributed by atoms with E-state index in [1.165, 1.54) is 38.5 Å². The van der Waals surface area contributed by atoms with Crippen LogP contribution in [0.4, 0.5) is 0 Å². The van der Waals surface area contributed by atoms with Crippen LogP contribution in [0.15, 0.2) is 36.5 Å². The summed E-state index contributed by atoms with van der Waals surface area (Å²) in [4.78, 5) is 57.6. The van der Waals surface area contributed by atoms with Crippen molar-refractivity contribution in [1.29, 1.82) is 0 Å². The number of hydrogen-bond donors (Lipinski definition) is 3. The molecule has 0 aromatic carbocycles. The molecule has 3 atom stereocenters. The molecule has 0 heterocycles. The van der Waals surface area contributed by atoms with Crippen molar-refractivity contribution in [2.24, 2.45) is 5.73 Å². The number of hydrogen-bond acceptors (Lipinski definition) is 10. The van der Waals surface area contributed by atoms with Crippen LogP contribution >= 0.6 is 7.82 Å². The smallest absolute Gasteiger partial charge is 0.472 e. The fourth-order valence-electron chi connectivity index (χ4n) is 5.45. The molecule has 0 amide bonds. The molecule has 0 aliphatic carbocycles. The Balaban J connectivity index is 4.47. The van der Waals surface area contributed by atoms with Crippen LogP contribution in [0.2, 0.25) is 0 Å². The average molecular weight is 800 g/mol. The molecule has 0 aromatic rings. The molecule has 0 fully saturated rings. The molecule has 0 saturated carbocycles. The summed E-state index contributed by atoms with van der Waals surface area (Å²) in [7, 11) is -4.73. The summed E-state index contributed by atoms with van der Waals surface area (Å²) >= 11 is 0. The molecule has 13 heteroatoms. The van der Waals surface area contributed by atoms with Gasteiger partial charge in [0.05, 0.1) is 13.2 Å². The number of carboxylic acid groups (broad SMARTS) is 1. The molecule has 0 saturated heterocycles. The van der Waals surface area contributed by atoms with Gasteiger partial charge < -0.3 is 25.2 Å². The number of allylic oxidation sites excluding steroid dienone is 6. The molecule has 0 spiro atoms. The molecule has 4 N–H and O–H groups in total. The van der Waals surface area contributed by atoms with Gasteiger partial charge in [-0.15, -0.1) is 0 Å². The number of phosphoric ester groups is 1. The first kappa shape index (κ1) is 52.4. The Bertz CT molecular complexity index is 1140. The summed E-state index contributed by atoms with van der Waals surface area (Å²) in [5.74, 6) is -2.30. The highest BCUT2D eigenvalue weighted by Crippen LogP contribution is 2.43. The Morgan fingerprint density at radius 3 is 1.65 bits per heavy atom. The number of nitrogens with two attached hydrogens (primary N) is 1. The maximum Gasteiger partial charge on any atom is 0.472 e. The van der Waals surface area contributed by atoms with E-state index in [9.17, 15) is 28.6 Å². The van der Waals surface area contributed by atoms with Gasteiger partial charge in [0.1, 0.15) is 12.6 Å². The van der Waals surface area contributed by atoms with Crippen LogP contribution in [-0.4, -0.2) is 65.7 Å². The van der Waals surface area contributed by atoms with Crippen molar-refractivity contribution in [1.82, 2.24) is 0 Å². The van der Waals surface area contributed by atoms with Gasteiger partial charge in [-0.1, -0.05) is 128 Å². The monoisotopic (exact) mass is 799 g/mol. The van der Waals surface area contributed by atoms with Crippen molar-refractivity contribution in [2.45, 2.75) is 187 Å². The van der Waals surface area contributed by atoms with Crippen molar-refractivity contribution >= 4 is 31.5 Å².